The summed E-state index contributed by atoms with van der Waals surface area (Å²) in [6.07, 6.45) is 65.7. The highest BCUT2D eigenvalue weighted by molar-refractivity contribution is 5.76. The van der Waals surface area contributed by atoms with Crippen LogP contribution in [0.4, 0.5) is 0 Å². The molecule has 0 aromatic rings. The molecule has 0 aromatic carbocycles. The molecule has 1 saturated heterocycles. The Morgan fingerprint density at radius 3 is 1.38 bits per heavy atom. The molecule has 79 heavy (non-hydrogen) atoms. The number of rotatable bonds is 56. The maximum absolute atomic E-state index is 13.1. The number of amides is 1. The normalized spacial score (nSPS) is 18.9. The summed E-state index contributed by atoms with van der Waals surface area (Å²) in [5, 5.41) is 54.5. The lowest BCUT2D eigenvalue weighted by atomic mass is 9.99. The summed E-state index contributed by atoms with van der Waals surface area (Å²) >= 11 is 0. The van der Waals surface area contributed by atoms with E-state index >= 15 is 0 Å². The second kappa shape index (κ2) is 56.9. The van der Waals surface area contributed by atoms with Gasteiger partial charge in [-0.1, -0.05) is 241 Å². The van der Waals surface area contributed by atoms with E-state index in [0.717, 1.165) is 103 Å². The topological polar surface area (TPSA) is 175 Å². The van der Waals surface area contributed by atoms with E-state index in [-0.39, 0.29) is 18.5 Å². The number of hydrogen-bond donors (Lipinski definition) is 6. The fourth-order valence-electron chi connectivity index (χ4n) is 9.81. The van der Waals surface area contributed by atoms with Crippen molar-refractivity contribution >= 4 is 11.9 Å². The van der Waals surface area contributed by atoms with Gasteiger partial charge in [-0.05, 0) is 103 Å². The van der Waals surface area contributed by atoms with Gasteiger partial charge in [0.25, 0.3) is 0 Å². The van der Waals surface area contributed by atoms with Crippen molar-refractivity contribution in [3.63, 3.8) is 0 Å². The van der Waals surface area contributed by atoms with Gasteiger partial charge in [-0.2, -0.15) is 0 Å². The van der Waals surface area contributed by atoms with Gasteiger partial charge in [-0.3, -0.25) is 9.59 Å². The van der Waals surface area contributed by atoms with Crippen LogP contribution in [0.5, 0.6) is 0 Å². The molecule has 0 bridgehead atoms. The van der Waals surface area contributed by atoms with Crippen LogP contribution in [0.2, 0.25) is 0 Å². The molecule has 7 atom stereocenters. The van der Waals surface area contributed by atoms with E-state index in [0.29, 0.717) is 19.4 Å². The lowest BCUT2D eigenvalue weighted by Crippen LogP contribution is -2.60. The Morgan fingerprint density at radius 1 is 0.468 bits per heavy atom. The summed E-state index contributed by atoms with van der Waals surface area (Å²) in [4.78, 5) is 25.1. The minimum absolute atomic E-state index is 0.0212. The van der Waals surface area contributed by atoms with Gasteiger partial charge in [0.05, 0.1) is 32.0 Å². The Morgan fingerprint density at radius 2 is 0.886 bits per heavy atom. The van der Waals surface area contributed by atoms with Crippen molar-refractivity contribution in [3.05, 3.63) is 72.9 Å². The zero-order valence-electron chi connectivity index (χ0n) is 50.6. The van der Waals surface area contributed by atoms with E-state index in [4.69, 9.17) is 14.2 Å². The van der Waals surface area contributed by atoms with Gasteiger partial charge in [0.15, 0.2) is 6.29 Å². The molecule has 11 nitrogen and oxygen atoms in total. The largest absolute Gasteiger partial charge is 0.466 e. The standard InChI is InChI=1S/C68H121NO10/c1-3-5-7-9-11-13-15-17-27-31-34-38-42-46-50-54-61(71)60(59-78-68-67(76)66(75)65(74)62(58-70)79-68)69-63(72)55-51-47-43-39-35-32-28-25-23-21-19-18-20-22-24-26-29-33-37-41-45-49-53-57-77-64(73)56-52-48-44-40-36-30-16-14-12-10-8-6-4-2/h8,10,14,16,18,20-21,23,34,38,50,54,60-62,65-68,70-71,74-76H,3-7,9,11-13,15,17,19,22,24-33,35-37,39-49,51-53,55-59H2,1-2H3,(H,69,72)/b10-8-,16-14-,20-18-,23-21-,38-34+,54-50+. The fourth-order valence-corrected chi connectivity index (χ4v) is 9.81. The Balaban J connectivity index is 2.09. The number of carbonyl (C=O) groups excluding carboxylic acids is 2. The quantitative estimate of drug-likeness (QED) is 0.0195. The highest BCUT2D eigenvalue weighted by Gasteiger charge is 2.44. The Hall–Kier alpha value is -2.90. The second-order valence-corrected chi connectivity index (χ2v) is 22.4. The molecule has 1 amide bonds. The SMILES string of the molecule is CCC/C=C\C/C=C\CCCCCCCC(=O)OCCCCCCCCCCC/C=C\C/C=C\CCCCCCCCCC(=O)NC(COC1OC(CO)C(O)C(O)C1O)C(O)/C=C/CC/C=C/CCCCCCCCCCC. The number of aliphatic hydroxyl groups excluding tert-OH is 5. The summed E-state index contributed by atoms with van der Waals surface area (Å²) in [6, 6.07) is -0.838. The highest BCUT2D eigenvalue weighted by atomic mass is 16.7. The van der Waals surface area contributed by atoms with E-state index in [9.17, 15) is 35.1 Å². The predicted molar refractivity (Wildman–Crippen MR) is 329 cm³/mol. The lowest BCUT2D eigenvalue weighted by molar-refractivity contribution is -0.302. The van der Waals surface area contributed by atoms with Crippen molar-refractivity contribution in [2.24, 2.45) is 0 Å². The maximum atomic E-state index is 13.1. The number of esters is 1. The van der Waals surface area contributed by atoms with Gasteiger partial charge >= 0.3 is 5.97 Å². The summed E-state index contributed by atoms with van der Waals surface area (Å²) in [5.74, 6) is -0.224. The van der Waals surface area contributed by atoms with Crippen LogP contribution < -0.4 is 5.32 Å². The smallest absolute Gasteiger partial charge is 0.305 e. The van der Waals surface area contributed by atoms with Crippen LogP contribution in [0, 0.1) is 0 Å². The second-order valence-electron chi connectivity index (χ2n) is 22.4. The molecular formula is C68H121NO10. The maximum Gasteiger partial charge on any atom is 0.305 e. The molecule has 458 valence electrons. The molecule has 1 rings (SSSR count). The van der Waals surface area contributed by atoms with Crippen molar-refractivity contribution < 1.29 is 49.3 Å². The summed E-state index contributed by atoms with van der Waals surface area (Å²) in [5.41, 5.74) is 0. The van der Waals surface area contributed by atoms with Crippen LogP contribution in [-0.4, -0.2) is 100 Å². The molecule has 1 heterocycles. The van der Waals surface area contributed by atoms with Gasteiger partial charge in [0, 0.05) is 12.8 Å². The van der Waals surface area contributed by atoms with E-state index < -0.39 is 49.5 Å². The van der Waals surface area contributed by atoms with Crippen molar-refractivity contribution in [1.29, 1.82) is 0 Å². The van der Waals surface area contributed by atoms with Crippen LogP contribution in [-0.2, 0) is 23.8 Å². The molecule has 1 aliphatic rings. The van der Waals surface area contributed by atoms with E-state index in [2.05, 4.69) is 79.9 Å². The van der Waals surface area contributed by atoms with E-state index in [1.807, 2.05) is 6.08 Å². The zero-order chi connectivity index (χ0) is 57.3. The molecule has 0 saturated carbocycles. The average Bonchev–Trinajstić information content (AvgIpc) is 3.46. The van der Waals surface area contributed by atoms with Gasteiger partial charge in [0.2, 0.25) is 5.91 Å². The molecule has 6 N–H and O–H groups in total. The van der Waals surface area contributed by atoms with Crippen molar-refractivity contribution in [1.82, 2.24) is 5.32 Å². The number of aliphatic hydroxyl groups is 5. The lowest BCUT2D eigenvalue weighted by Gasteiger charge is -2.40. The first-order valence-corrected chi connectivity index (χ1v) is 32.7. The minimum Gasteiger partial charge on any atom is -0.466 e. The van der Waals surface area contributed by atoms with Crippen LogP contribution in [0.3, 0.4) is 0 Å². The monoisotopic (exact) mass is 1110 g/mol. The number of nitrogens with one attached hydrogen (secondary N) is 1. The summed E-state index contributed by atoms with van der Waals surface area (Å²) in [6.45, 7) is 4.25. The number of hydrogen-bond acceptors (Lipinski definition) is 10. The molecule has 0 aromatic heterocycles. The molecule has 1 fully saturated rings. The van der Waals surface area contributed by atoms with Gasteiger partial charge < -0.3 is 45.1 Å². The Bertz CT molecular complexity index is 1540. The first-order valence-electron chi connectivity index (χ1n) is 32.7. The number of ether oxygens (including phenoxy) is 3. The summed E-state index contributed by atoms with van der Waals surface area (Å²) in [7, 11) is 0. The van der Waals surface area contributed by atoms with Gasteiger partial charge in [-0.25, -0.2) is 0 Å². The number of carbonyl (C=O) groups is 2. The first-order chi connectivity index (χ1) is 38.7. The molecule has 7 unspecified atom stereocenters. The highest BCUT2D eigenvalue weighted by Crippen LogP contribution is 2.23. The fraction of sp³-hybridized carbons (Fsp3) is 0.794. The molecular weight excluding hydrogens is 991 g/mol. The van der Waals surface area contributed by atoms with Crippen molar-refractivity contribution in [2.45, 2.75) is 326 Å². The number of unbranched alkanes of at least 4 members (excludes halogenated alkanes) is 32. The van der Waals surface area contributed by atoms with Gasteiger partial charge in [0.1, 0.15) is 24.4 Å². The summed E-state index contributed by atoms with van der Waals surface area (Å²) < 4.78 is 16.7. The molecule has 11 heteroatoms. The molecule has 0 aliphatic carbocycles. The zero-order valence-corrected chi connectivity index (χ0v) is 50.6. The van der Waals surface area contributed by atoms with Gasteiger partial charge in [-0.15, -0.1) is 0 Å². The van der Waals surface area contributed by atoms with E-state index in [1.54, 1.807) is 6.08 Å². The van der Waals surface area contributed by atoms with Crippen LogP contribution in [0.25, 0.3) is 0 Å². The third kappa shape index (κ3) is 46.3. The van der Waals surface area contributed by atoms with Crippen molar-refractivity contribution in [3.8, 4) is 0 Å². The van der Waals surface area contributed by atoms with Crippen LogP contribution >= 0.6 is 0 Å². The molecule has 0 radical (unpaired) electrons. The first kappa shape index (κ1) is 74.1. The van der Waals surface area contributed by atoms with Crippen molar-refractivity contribution in [2.75, 3.05) is 19.8 Å². The van der Waals surface area contributed by atoms with E-state index in [1.165, 1.54) is 154 Å². The molecule has 0 spiro atoms. The minimum atomic E-state index is -1.58. The van der Waals surface area contributed by atoms with Crippen LogP contribution in [0.15, 0.2) is 72.9 Å². The third-order valence-electron chi connectivity index (χ3n) is 15.0. The van der Waals surface area contributed by atoms with Crippen LogP contribution in [0.1, 0.15) is 284 Å². The third-order valence-corrected chi connectivity index (χ3v) is 15.0. The average molecular weight is 1110 g/mol. The number of allylic oxidation sites excluding steroid dienone is 11. The Labute approximate surface area is 483 Å². The predicted octanol–water partition coefficient (Wildman–Crippen LogP) is 16.0. The molecule has 1 aliphatic heterocycles. The Kier molecular flexibility index (Phi) is 53.4.